The predicted octanol–water partition coefficient (Wildman–Crippen LogP) is 6.88. The standard InChI is InChI=1S/C32H52O6/c1-19(9-12-28(35)38-30(4,5)6)24-10-11-25-29-26(14-16-32(24,25)8)31(7)15-13-23(36-20(2)33)17-22(31)18-27(29)37-21(3)34/h19,22-27,29H,9-18H2,1-8H3. The first-order chi connectivity index (χ1) is 17.6. The lowest BCUT2D eigenvalue weighted by molar-refractivity contribution is -0.197. The Balaban J connectivity index is 1.52. The molecule has 0 aliphatic heterocycles. The van der Waals surface area contributed by atoms with Gasteiger partial charge in [0.2, 0.25) is 0 Å². The summed E-state index contributed by atoms with van der Waals surface area (Å²) in [6, 6.07) is 0. The number of carbonyl (C=O) groups excluding carboxylic acids is 3. The van der Waals surface area contributed by atoms with Gasteiger partial charge < -0.3 is 14.2 Å². The molecule has 10 unspecified atom stereocenters. The van der Waals surface area contributed by atoms with Gasteiger partial charge in [0.15, 0.2) is 0 Å². The van der Waals surface area contributed by atoms with E-state index in [-0.39, 0.29) is 40.9 Å². The van der Waals surface area contributed by atoms with Crippen LogP contribution in [0.15, 0.2) is 0 Å². The molecule has 0 N–H and O–H groups in total. The highest BCUT2D eigenvalue weighted by molar-refractivity contribution is 5.69. The summed E-state index contributed by atoms with van der Waals surface area (Å²) in [6.45, 7) is 16.1. The molecule has 0 aromatic rings. The monoisotopic (exact) mass is 532 g/mol. The summed E-state index contributed by atoms with van der Waals surface area (Å²) in [5.74, 6) is 2.38. The maximum absolute atomic E-state index is 12.4. The second-order valence-electron chi connectivity index (χ2n) is 14.7. The van der Waals surface area contributed by atoms with Gasteiger partial charge in [-0.2, -0.15) is 0 Å². The zero-order valence-electron chi connectivity index (χ0n) is 25.1. The fraction of sp³-hybridized carbons (Fsp3) is 0.906. The number of rotatable bonds is 6. The molecule has 38 heavy (non-hydrogen) atoms. The van der Waals surface area contributed by atoms with Crippen LogP contribution in [0.25, 0.3) is 0 Å². The number of carbonyl (C=O) groups is 3. The Kier molecular flexibility index (Phi) is 8.33. The van der Waals surface area contributed by atoms with Gasteiger partial charge >= 0.3 is 17.9 Å². The van der Waals surface area contributed by atoms with Crippen LogP contribution in [0.2, 0.25) is 0 Å². The Hall–Kier alpha value is -1.59. The fourth-order valence-electron chi connectivity index (χ4n) is 9.75. The zero-order valence-corrected chi connectivity index (χ0v) is 25.1. The zero-order chi connectivity index (χ0) is 28.0. The quantitative estimate of drug-likeness (QED) is 0.274. The molecule has 6 heteroatoms. The van der Waals surface area contributed by atoms with E-state index < -0.39 is 5.60 Å². The molecule has 0 bridgehead atoms. The van der Waals surface area contributed by atoms with Crippen molar-refractivity contribution >= 4 is 17.9 Å². The van der Waals surface area contributed by atoms with Gasteiger partial charge in [0.1, 0.15) is 17.8 Å². The molecule has 4 aliphatic carbocycles. The first-order valence-corrected chi connectivity index (χ1v) is 15.2. The minimum atomic E-state index is -0.443. The first kappa shape index (κ1) is 29.4. The molecule has 4 rings (SSSR count). The summed E-state index contributed by atoms with van der Waals surface area (Å²) < 4.78 is 17.4. The lowest BCUT2D eigenvalue weighted by Gasteiger charge is -2.62. The summed E-state index contributed by atoms with van der Waals surface area (Å²) in [5.41, 5.74) is -0.0497. The molecule has 0 spiro atoms. The van der Waals surface area contributed by atoms with E-state index in [2.05, 4.69) is 20.8 Å². The van der Waals surface area contributed by atoms with Crippen LogP contribution in [0.3, 0.4) is 0 Å². The largest absolute Gasteiger partial charge is 0.463 e. The molecule has 10 atom stereocenters. The Morgan fingerprint density at radius 3 is 2.13 bits per heavy atom. The summed E-state index contributed by atoms with van der Waals surface area (Å²) in [5, 5.41) is 0. The van der Waals surface area contributed by atoms with Crippen molar-refractivity contribution in [2.45, 2.75) is 137 Å². The molecule has 4 saturated carbocycles. The van der Waals surface area contributed by atoms with Gasteiger partial charge in [-0.1, -0.05) is 20.8 Å². The Morgan fingerprint density at radius 1 is 0.868 bits per heavy atom. The third-order valence-corrected chi connectivity index (χ3v) is 11.2. The summed E-state index contributed by atoms with van der Waals surface area (Å²) in [7, 11) is 0. The van der Waals surface area contributed by atoms with E-state index in [1.165, 1.54) is 26.2 Å². The summed E-state index contributed by atoms with van der Waals surface area (Å²) in [4.78, 5) is 36.4. The SMILES string of the molecule is CC(=O)OC1CCC2(C)C(C1)CC(OC(C)=O)C1C2CCC2(C)C(C(C)CCC(=O)OC(C)(C)C)CCC12. The summed E-state index contributed by atoms with van der Waals surface area (Å²) in [6.07, 6.45) is 9.73. The lowest BCUT2D eigenvalue weighted by atomic mass is 9.43. The van der Waals surface area contributed by atoms with Crippen LogP contribution >= 0.6 is 0 Å². The molecule has 0 aromatic heterocycles. The van der Waals surface area contributed by atoms with Crippen LogP contribution in [0, 0.1) is 46.3 Å². The molecular weight excluding hydrogens is 480 g/mol. The van der Waals surface area contributed by atoms with E-state index in [1.54, 1.807) is 6.92 Å². The minimum absolute atomic E-state index is 0.0179. The molecule has 4 fully saturated rings. The van der Waals surface area contributed by atoms with Crippen molar-refractivity contribution in [2.24, 2.45) is 46.3 Å². The van der Waals surface area contributed by atoms with Gasteiger partial charge in [-0.25, -0.2) is 0 Å². The molecule has 0 heterocycles. The van der Waals surface area contributed by atoms with E-state index in [9.17, 15) is 14.4 Å². The number of hydrogen-bond acceptors (Lipinski definition) is 6. The fourth-order valence-corrected chi connectivity index (χ4v) is 9.75. The van der Waals surface area contributed by atoms with E-state index in [0.29, 0.717) is 41.9 Å². The number of ether oxygens (including phenoxy) is 3. The highest BCUT2D eigenvalue weighted by Crippen LogP contribution is 2.68. The van der Waals surface area contributed by atoms with Crippen LogP contribution < -0.4 is 0 Å². The second kappa shape index (κ2) is 10.8. The van der Waals surface area contributed by atoms with Crippen LogP contribution in [-0.4, -0.2) is 35.7 Å². The highest BCUT2D eigenvalue weighted by Gasteiger charge is 2.64. The van der Waals surface area contributed by atoms with E-state index in [1.807, 2.05) is 20.8 Å². The first-order valence-electron chi connectivity index (χ1n) is 15.2. The Labute approximate surface area is 230 Å². The Bertz CT molecular complexity index is 906. The van der Waals surface area contributed by atoms with Crippen molar-refractivity contribution in [3.05, 3.63) is 0 Å². The molecule has 216 valence electrons. The van der Waals surface area contributed by atoms with Gasteiger partial charge in [0, 0.05) is 26.2 Å². The molecule has 6 nitrogen and oxygen atoms in total. The van der Waals surface area contributed by atoms with Gasteiger partial charge in [0.25, 0.3) is 0 Å². The lowest BCUT2D eigenvalue weighted by Crippen LogP contribution is -2.59. The Morgan fingerprint density at radius 2 is 1.50 bits per heavy atom. The van der Waals surface area contributed by atoms with E-state index in [4.69, 9.17) is 14.2 Å². The second-order valence-corrected chi connectivity index (χ2v) is 14.7. The van der Waals surface area contributed by atoms with Crippen LogP contribution in [-0.2, 0) is 28.6 Å². The molecular formula is C32H52O6. The topological polar surface area (TPSA) is 78.9 Å². The minimum Gasteiger partial charge on any atom is -0.463 e. The van der Waals surface area contributed by atoms with Gasteiger partial charge in [-0.3, -0.25) is 14.4 Å². The van der Waals surface area contributed by atoms with E-state index in [0.717, 1.165) is 38.5 Å². The summed E-state index contributed by atoms with van der Waals surface area (Å²) >= 11 is 0. The number of fused-ring (bicyclic) bond motifs is 5. The molecule has 0 aromatic carbocycles. The van der Waals surface area contributed by atoms with Crippen molar-refractivity contribution in [3.63, 3.8) is 0 Å². The third-order valence-electron chi connectivity index (χ3n) is 11.2. The third kappa shape index (κ3) is 5.80. The molecule has 4 aliphatic rings. The average molecular weight is 533 g/mol. The van der Waals surface area contributed by atoms with Crippen LogP contribution in [0.4, 0.5) is 0 Å². The number of hydrogen-bond donors (Lipinski definition) is 0. The van der Waals surface area contributed by atoms with Crippen molar-refractivity contribution < 1.29 is 28.6 Å². The predicted molar refractivity (Wildman–Crippen MR) is 146 cm³/mol. The molecule has 0 radical (unpaired) electrons. The van der Waals surface area contributed by atoms with Gasteiger partial charge in [0.05, 0.1) is 0 Å². The maximum Gasteiger partial charge on any atom is 0.306 e. The van der Waals surface area contributed by atoms with Crippen molar-refractivity contribution in [2.75, 3.05) is 0 Å². The van der Waals surface area contributed by atoms with Crippen molar-refractivity contribution in [3.8, 4) is 0 Å². The smallest absolute Gasteiger partial charge is 0.306 e. The average Bonchev–Trinajstić information content (AvgIpc) is 3.13. The number of esters is 3. The molecule has 0 saturated heterocycles. The van der Waals surface area contributed by atoms with Crippen LogP contribution in [0.1, 0.15) is 120 Å². The van der Waals surface area contributed by atoms with Crippen molar-refractivity contribution in [1.29, 1.82) is 0 Å². The van der Waals surface area contributed by atoms with E-state index >= 15 is 0 Å². The normalized spacial score (nSPS) is 41.2. The van der Waals surface area contributed by atoms with Crippen LogP contribution in [0.5, 0.6) is 0 Å². The van der Waals surface area contributed by atoms with Crippen molar-refractivity contribution in [1.82, 2.24) is 0 Å². The highest BCUT2D eigenvalue weighted by atomic mass is 16.6. The maximum atomic E-state index is 12.4. The van der Waals surface area contributed by atoms with Gasteiger partial charge in [-0.05, 0) is 119 Å². The molecule has 0 amide bonds. The van der Waals surface area contributed by atoms with Gasteiger partial charge in [-0.15, -0.1) is 0 Å².